The molecule has 0 aromatic carbocycles. The number of piperazine rings is 1. The van der Waals surface area contributed by atoms with E-state index in [-0.39, 0.29) is 11.5 Å². The van der Waals surface area contributed by atoms with Gasteiger partial charge in [-0.2, -0.15) is 0 Å². The van der Waals surface area contributed by atoms with Gasteiger partial charge >= 0.3 is 0 Å². The van der Waals surface area contributed by atoms with Crippen LogP contribution in [0, 0.1) is 0 Å². The molecule has 30 heavy (non-hydrogen) atoms. The molecule has 4 rings (SSSR count). The van der Waals surface area contributed by atoms with Crippen LogP contribution in [0.3, 0.4) is 0 Å². The highest BCUT2D eigenvalue weighted by Crippen LogP contribution is 2.25. The van der Waals surface area contributed by atoms with Gasteiger partial charge in [-0.05, 0) is 18.6 Å². The Labute approximate surface area is 178 Å². The Balaban J connectivity index is 1.41. The maximum Gasteiger partial charge on any atom is 0.269 e. The lowest BCUT2D eigenvalue weighted by Gasteiger charge is -2.35. The summed E-state index contributed by atoms with van der Waals surface area (Å²) in [5, 5.41) is 2.88. The fraction of sp³-hybridized carbons (Fsp3) is 0.400. The van der Waals surface area contributed by atoms with Gasteiger partial charge in [0.05, 0.1) is 11.4 Å². The highest BCUT2D eigenvalue weighted by atomic mass is 35.5. The second-order valence-electron chi connectivity index (χ2n) is 7.27. The molecular weight excluding hydrogens is 406 g/mol. The maximum atomic E-state index is 12.0. The van der Waals surface area contributed by atoms with Crippen molar-refractivity contribution in [3.8, 4) is 0 Å². The minimum atomic E-state index is -0.256. The zero-order chi connectivity index (χ0) is 21.3. The first-order valence-electron chi connectivity index (χ1n) is 9.94. The molecule has 1 saturated heterocycles. The number of pyridine rings is 1. The molecule has 1 fully saturated rings. The van der Waals surface area contributed by atoms with E-state index in [0.29, 0.717) is 29.6 Å². The molecule has 0 bridgehead atoms. The summed E-state index contributed by atoms with van der Waals surface area (Å²) in [6.07, 6.45) is 4.50. The molecule has 0 saturated carbocycles. The smallest absolute Gasteiger partial charge is 0.269 e. The summed E-state index contributed by atoms with van der Waals surface area (Å²) in [5.74, 6) is 0.313. The van der Waals surface area contributed by atoms with Crippen molar-refractivity contribution in [1.82, 2.24) is 29.6 Å². The number of rotatable bonds is 5. The Morgan fingerprint density at radius 3 is 2.63 bits per heavy atom. The molecule has 3 aromatic rings. The first kappa shape index (κ1) is 20.4. The van der Waals surface area contributed by atoms with E-state index in [1.165, 1.54) is 0 Å². The molecule has 0 spiro atoms. The standard InChI is InChI=1S/C20H24ClN7O2/c1-3-13-10-28-12-14(23-20(28)25-18(13)29)11-26-6-8-27(9-7-26)16-5-4-15(19(30)22-2)24-17(16)21/h4-5,10,12H,3,6-9,11H2,1-2H3,(H,22,30)(H,23,25,29). The molecule has 1 aliphatic heterocycles. The van der Waals surface area contributed by atoms with Crippen LogP contribution in [0.2, 0.25) is 5.15 Å². The summed E-state index contributed by atoms with van der Waals surface area (Å²) in [5.41, 5.74) is 2.72. The number of hydrogen-bond acceptors (Lipinski definition) is 6. The Kier molecular flexibility index (Phi) is 5.74. The molecule has 4 heterocycles. The van der Waals surface area contributed by atoms with E-state index in [2.05, 4.69) is 30.1 Å². The molecule has 0 unspecified atom stereocenters. The number of amides is 1. The molecule has 1 aliphatic rings. The molecule has 0 aliphatic carbocycles. The fourth-order valence-electron chi connectivity index (χ4n) is 3.66. The maximum absolute atomic E-state index is 12.0. The van der Waals surface area contributed by atoms with Gasteiger partial charge in [-0.1, -0.05) is 18.5 Å². The molecule has 0 radical (unpaired) electrons. The average molecular weight is 430 g/mol. The number of carbonyl (C=O) groups is 1. The Bertz CT molecular complexity index is 1130. The van der Waals surface area contributed by atoms with Crippen molar-refractivity contribution in [3.05, 3.63) is 57.0 Å². The van der Waals surface area contributed by atoms with Gasteiger partial charge in [0.1, 0.15) is 5.69 Å². The molecule has 3 aromatic heterocycles. The predicted molar refractivity (Wildman–Crippen MR) is 115 cm³/mol. The number of carbonyl (C=O) groups excluding carboxylic acids is 1. The quantitative estimate of drug-likeness (QED) is 0.593. The summed E-state index contributed by atoms with van der Waals surface area (Å²) in [7, 11) is 1.56. The van der Waals surface area contributed by atoms with E-state index >= 15 is 0 Å². The predicted octanol–water partition coefficient (Wildman–Crippen LogP) is 1.32. The van der Waals surface area contributed by atoms with Crippen molar-refractivity contribution in [2.45, 2.75) is 19.9 Å². The molecule has 158 valence electrons. The largest absolute Gasteiger partial charge is 0.366 e. The van der Waals surface area contributed by atoms with Gasteiger partial charge < -0.3 is 10.2 Å². The van der Waals surface area contributed by atoms with Crippen LogP contribution in [0.25, 0.3) is 5.78 Å². The van der Waals surface area contributed by atoms with Gasteiger partial charge in [0, 0.05) is 57.7 Å². The normalized spacial score (nSPS) is 15.0. The number of halogens is 1. The number of H-pyrrole nitrogens is 1. The second kappa shape index (κ2) is 8.45. The molecule has 0 atom stereocenters. The molecule has 1 amide bonds. The third-order valence-electron chi connectivity index (χ3n) is 5.36. The fourth-order valence-corrected chi connectivity index (χ4v) is 3.94. The van der Waals surface area contributed by atoms with Crippen molar-refractivity contribution in [1.29, 1.82) is 0 Å². The summed E-state index contributed by atoms with van der Waals surface area (Å²) >= 11 is 6.32. The van der Waals surface area contributed by atoms with Crippen molar-refractivity contribution < 1.29 is 4.79 Å². The van der Waals surface area contributed by atoms with Gasteiger partial charge in [-0.25, -0.2) is 9.97 Å². The SMILES string of the molecule is CCc1cn2cc(CN3CCN(c4ccc(C(=O)NC)nc4Cl)CC3)nc2[nH]c1=O. The summed E-state index contributed by atoms with van der Waals surface area (Å²) in [4.78, 5) is 39.8. The summed E-state index contributed by atoms with van der Waals surface area (Å²) in [6.45, 7) is 5.95. The van der Waals surface area contributed by atoms with E-state index in [1.54, 1.807) is 13.1 Å². The monoisotopic (exact) mass is 429 g/mol. The molecular formula is C20H24ClN7O2. The summed E-state index contributed by atoms with van der Waals surface area (Å²) < 4.78 is 1.88. The van der Waals surface area contributed by atoms with Crippen LogP contribution in [0.4, 0.5) is 5.69 Å². The first-order chi connectivity index (χ1) is 14.5. The van der Waals surface area contributed by atoms with E-state index in [4.69, 9.17) is 11.6 Å². The Morgan fingerprint density at radius 1 is 1.20 bits per heavy atom. The number of aryl methyl sites for hydroxylation is 1. The lowest BCUT2D eigenvalue weighted by atomic mass is 10.2. The van der Waals surface area contributed by atoms with Crippen LogP contribution in [-0.2, 0) is 13.0 Å². The van der Waals surface area contributed by atoms with Gasteiger partial charge in [0.15, 0.2) is 5.15 Å². The number of nitrogens with one attached hydrogen (secondary N) is 2. The molecule has 10 heteroatoms. The van der Waals surface area contributed by atoms with Crippen molar-refractivity contribution >= 4 is 29.0 Å². The van der Waals surface area contributed by atoms with Crippen LogP contribution in [0.1, 0.15) is 28.7 Å². The number of imidazole rings is 1. The lowest BCUT2D eigenvalue weighted by Crippen LogP contribution is -2.46. The highest BCUT2D eigenvalue weighted by Gasteiger charge is 2.21. The van der Waals surface area contributed by atoms with Crippen molar-refractivity contribution in [3.63, 3.8) is 0 Å². The van der Waals surface area contributed by atoms with Gasteiger partial charge in [-0.3, -0.25) is 23.9 Å². The van der Waals surface area contributed by atoms with Gasteiger partial charge in [-0.15, -0.1) is 0 Å². The Hall–Kier alpha value is -2.91. The van der Waals surface area contributed by atoms with Crippen LogP contribution < -0.4 is 15.8 Å². The number of hydrogen-bond donors (Lipinski definition) is 2. The van der Waals surface area contributed by atoms with Crippen molar-refractivity contribution in [2.75, 3.05) is 38.1 Å². The lowest BCUT2D eigenvalue weighted by molar-refractivity contribution is 0.0958. The van der Waals surface area contributed by atoms with E-state index in [0.717, 1.165) is 43.1 Å². The highest BCUT2D eigenvalue weighted by molar-refractivity contribution is 6.32. The van der Waals surface area contributed by atoms with Gasteiger partial charge in [0.2, 0.25) is 5.78 Å². The van der Waals surface area contributed by atoms with Crippen LogP contribution in [0.15, 0.2) is 29.3 Å². The minimum Gasteiger partial charge on any atom is -0.366 e. The number of fused-ring (bicyclic) bond motifs is 1. The van der Waals surface area contributed by atoms with E-state index in [1.807, 2.05) is 29.8 Å². The number of aromatic nitrogens is 4. The third kappa shape index (κ3) is 4.03. The average Bonchev–Trinajstić information content (AvgIpc) is 3.14. The van der Waals surface area contributed by atoms with Crippen LogP contribution in [0.5, 0.6) is 0 Å². The summed E-state index contributed by atoms with van der Waals surface area (Å²) in [6, 6.07) is 3.54. The second-order valence-corrected chi connectivity index (χ2v) is 7.63. The van der Waals surface area contributed by atoms with Gasteiger partial charge in [0.25, 0.3) is 11.5 Å². The molecule has 2 N–H and O–H groups in total. The zero-order valence-corrected chi connectivity index (χ0v) is 17.7. The van der Waals surface area contributed by atoms with Crippen molar-refractivity contribution in [2.24, 2.45) is 0 Å². The topological polar surface area (TPSA) is 98.6 Å². The minimum absolute atomic E-state index is 0.0799. The van der Waals surface area contributed by atoms with E-state index < -0.39 is 0 Å². The zero-order valence-electron chi connectivity index (χ0n) is 17.0. The first-order valence-corrected chi connectivity index (χ1v) is 10.3. The third-order valence-corrected chi connectivity index (χ3v) is 5.64. The van der Waals surface area contributed by atoms with Crippen LogP contribution in [-0.4, -0.2) is 63.4 Å². The number of nitrogens with zero attached hydrogens (tertiary/aromatic N) is 5. The molecule has 9 nitrogen and oxygen atoms in total. The Morgan fingerprint density at radius 2 is 1.97 bits per heavy atom. The van der Waals surface area contributed by atoms with Crippen LogP contribution >= 0.6 is 11.6 Å². The number of anilines is 1. The number of aromatic amines is 1. The van der Waals surface area contributed by atoms with E-state index in [9.17, 15) is 9.59 Å².